The molecule has 3 rings (SSSR count). The monoisotopic (exact) mass is 252 g/mol. The summed E-state index contributed by atoms with van der Waals surface area (Å²) >= 11 is 0. The number of nitrogens with one attached hydrogen (secondary N) is 1. The Kier molecular flexibility index (Phi) is 3.56. The van der Waals surface area contributed by atoms with Crippen LogP contribution in [0.1, 0.15) is 23.7 Å². The predicted molar refractivity (Wildman–Crippen MR) is 75.6 cm³/mol. The normalized spacial score (nSPS) is 20.4. The van der Waals surface area contributed by atoms with Gasteiger partial charge >= 0.3 is 0 Å². The zero-order chi connectivity index (χ0) is 12.9. The summed E-state index contributed by atoms with van der Waals surface area (Å²) in [5.74, 6) is 0.915. The molecule has 96 valence electrons. The van der Waals surface area contributed by atoms with Crippen LogP contribution in [0.25, 0.3) is 0 Å². The van der Waals surface area contributed by atoms with Crippen molar-refractivity contribution in [1.82, 2.24) is 5.48 Å². The Morgan fingerprint density at radius 1 is 1.00 bits per heavy atom. The van der Waals surface area contributed by atoms with Gasteiger partial charge in [0.25, 0.3) is 0 Å². The number of aliphatic imine (C=N–C) groups is 1. The van der Waals surface area contributed by atoms with Crippen molar-refractivity contribution >= 4 is 5.84 Å². The molecule has 1 saturated heterocycles. The molecule has 3 nitrogen and oxygen atoms in total. The van der Waals surface area contributed by atoms with E-state index >= 15 is 0 Å². The molecule has 1 N–H and O–H groups in total. The Hall–Kier alpha value is -2.13. The molecule has 1 aliphatic rings. The first kappa shape index (κ1) is 11.9. The highest BCUT2D eigenvalue weighted by atomic mass is 16.7. The topological polar surface area (TPSA) is 33.6 Å². The smallest absolute Gasteiger partial charge is 0.124 e. The minimum absolute atomic E-state index is 0.0655. The van der Waals surface area contributed by atoms with E-state index in [4.69, 9.17) is 4.84 Å². The number of hydrogen-bond acceptors (Lipinski definition) is 2. The fourth-order valence-corrected chi connectivity index (χ4v) is 2.12. The number of hydroxylamine groups is 1. The van der Waals surface area contributed by atoms with Crippen molar-refractivity contribution in [2.24, 2.45) is 4.99 Å². The van der Waals surface area contributed by atoms with Crippen molar-refractivity contribution in [1.29, 1.82) is 0 Å². The van der Waals surface area contributed by atoms with Gasteiger partial charge in [-0.05, 0) is 11.1 Å². The van der Waals surface area contributed by atoms with Gasteiger partial charge in [0, 0.05) is 6.42 Å². The third-order valence-electron chi connectivity index (χ3n) is 3.16. The van der Waals surface area contributed by atoms with Crippen LogP contribution in [0.5, 0.6) is 0 Å². The second-order valence-corrected chi connectivity index (χ2v) is 4.57. The first-order valence-corrected chi connectivity index (χ1v) is 6.46. The second kappa shape index (κ2) is 5.67. The van der Waals surface area contributed by atoms with Crippen molar-refractivity contribution in [3.8, 4) is 0 Å². The Bertz CT molecular complexity index is 551. The first-order chi connectivity index (χ1) is 9.42. The Balaban J connectivity index is 1.63. The minimum Gasteiger partial charge on any atom is -0.266 e. The molecule has 2 aromatic rings. The fourth-order valence-electron chi connectivity index (χ4n) is 2.12. The van der Waals surface area contributed by atoms with Crippen molar-refractivity contribution in [2.45, 2.75) is 19.1 Å². The van der Waals surface area contributed by atoms with Crippen molar-refractivity contribution < 1.29 is 4.84 Å². The van der Waals surface area contributed by atoms with Gasteiger partial charge in [0.05, 0.1) is 6.54 Å². The van der Waals surface area contributed by atoms with Gasteiger partial charge in [0.2, 0.25) is 0 Å². The summed E-state index contributed by atoms with van der Waals surface area (Å²) in [6.07, 6.45) is 0.868. The lowest BCUT2D eigenvalue weighted by molar-refractivity contribution is 0.0448. The van der Waals surface area contributed by atoms with Gasteiger partial charge in [0.15, 0.2) is 0 Å². The Morgan fingerprint density at radius 2 is 1.68 bits per heavy atom. The van der Waals surface area contributed by atoms with Gasteiger partial charge in [-0.25, -0.2) is 0 Å². The molecule has 0 aromatic heterocycles. The number of benzene rings is 2. The molecule has 0 radical (unpaired) electrons. The standard InChI is InChI=1S/C16H16N2O/c1-3-7-13(8-4-1)12-17-16-11-15(19-18-16)14-9-5-2-6-10-14/h1-10,15H,11-12H2,(H,17,18). The molecule has 0 spiro atoms. The van der Waals surface area contributed by atoms with E-state index in [1.807, 2.05) is 36.4 Å². The Labute approximate surface area is 112 Å². The molecule has 1 heterocycles. The van der Waals surface area contributed by atoms with Crippen molar-refractivity contribution in [3.05, 3.63) is 71.8 Å². The van der Waals surface area contributed by atoms with Crippen LogP contribution in [-0.2, 0) is 11.4 Å². The average Bonchev–Trinajstić information content (AvgIpc) is 2.96. The van der Waals surface area contributed by atoms with Crippen LogP contribution in [-0.4, -0.2) is 5.84 Å². The van der Waals surface area contributed by atoms with Crippen LogP contribution in [0.3, 0.4) is 0 Å². The molecule has 2 aromatic carbocycles. The van der Waals surface area contributed by atoms with Crippen molar-refractivity contribution in [2.75, 3.05) is 0 Å². The van der Waals surface area contributed by atoms with E-state index in [9.17, 15) is 0 Å². The summed E-state index contributed by atoms with van der Waals surface area (Å²) in [5, 5.41) is 0. The minimum atomic E-state index is 0.0655. The third-order valence-corrected chi connectivity index (χ3v) is 3.16. The van der Waals surface area contributed by atoms with Crippen LogP contribution in [0.2, 0.25) is 0 Å². The second-order valence-electron chi connectivity index (χ2n) is 4.57. The zero-order valence-corrected chi connectivity index (χ0v) is 10.6. The van der Waals surface area contributed by atoms with Gasteiger partial charge in [-0.1, -0.05) is 60.7 Å². The van der Waals surface area contributed by atoms with Gasteiger partial charge in [0.1, 0.15) is 11.9 Å². The molecule has 1 atom stereocenters. The Morgan fingerprint density at radius 3 is 2.42 bits per heavy atom. The quantitative estimate of drug-likeness (QED) is 0.909. The molecule has 0 bridgehead atoms. The molecule has 0 saturated carbocycles. The van der Waals surface area contributed by atoms with Crippen LogP contribution < -0.4 is 5.48 Å². The van der Waals surface area contributed by atoms with Crippen LogP contribution >= 0.6 is 0 Å². The highest BCUT2D eigenvalue weighted by molar-refractivity contribution is 5.83. The summed E-state index contributed by atoms with van der Waals surface area (Å²) in [7, 11) is 0. The maximum atomic E-state index is 5.56. The number of amidine groups is 1. The largest absolute Gasteiger partial charge is 0.266 e. The summed E-state index contributed by atoms with van der Waals surface area (Å²) in [6.45, 7) is 0.689. The van der Waals surface area contributed by atoms with Crippen molar-refractivity contribution in [3.63, 3.8) is 0 Å². The predicted octanol–water partition coefficient (Wildman–Crippen LogP) is 3.25. The average molecular weight is 252 g/mol. The van der Waals surface area contributed by atoms with Crippen LogP contribution in [0.15, 0.2) is 65.7 Å². The maximum Gasteiger partial charge on any atom is 0.124 e. The summed E-state index contributed by atoms with van der Waals surface area (Å²) in [6, 6.07) is 20.4. The first-order valence-electron chi connectivity index (χ1n) is 6.46. The van der Waals surface area contributed by atoms with E-state index in [1.165, 1.54) is 11.1 Å². The summed E-state index contributed by atoms with van der Waals surface area (Å²) < 4.78 is 0. The molecule has 19 heavy (non-hydrogen) atoms. The molecular formula is C16H16N2O. The zero-order valence-electron chi connectivity index (χ0n) is 10.6. The number of hydrogen-bond donors (Lipinski definition) is 1. The lowest BCUT2D eigenvalue weighted by Gasteiger charge is -2.05. The van der Waals surface area contributed by atoms with E-state index in [1.54, 1.807) is 0 Å². The molecule has 1 unspecified atom stereocenters. The van der Waals surface area contributed by atoms with E-state index in [0.717, 1.165) is 12.3 Å². The van der Waals surface area contributed by atoms with Gasteiger partial charge in [-0.15, -0.1) is 0 Å². The molecule has 0 aliphatic carbocycles. The van der Waals surface area contributed by atoms with Crippen LogP contribution in [0.4, 0.5) is 0 Å². The fraction of sp³-hybridized carbons (Fsp3) is 0.188. The van der Waals surface area contributed by atoms with E-state index in [2.05, 4.69) is 34.7 Å². The molecule has 1 aliphatic heterocycles. The SMILES string of the molecule is c1ccc(CN=C2CC(c3ccccc3)ON2)cc1. The van der Waals surface area contributed by atoms with Gasteiger partial charge in [-0.2, -0.15) is 0 Å². The third kappa shape index (κ3) is 3.01. The molecule has 0 amide bonds. The lowest BCUT2D eigenvalue weighted by atomic mass is 10.1. The number of rotatable bonds is 3. The van der Waals surface area contributed by atoms with E-state index in [-0.39, 0.29) is 6.10 Å². The summed E-state index contributed by atoms with van der Waals surface area (Å²) in [4.78, 5) is 10.1. The van der Waals surface area contributed by atoms with E-state index in [0.29, 0.717) is 6.54 Å². The van der Waals surface area contributed by atoms with Gasteiger partial charge in [-0.3, -0.25) is 15.3 Å². The lowest BCUT2D eigenvalue weighted by Crippen LogP contribution is -2.12. The van der Waals surface area contributed by atoms with E-state index < -0.39 is 0 Å². The highest BCUT2D eigenvalue weighted by Crippen LogP contribution is 2.24. The van der Waals surface area contributed by atoms with Gasteiger partial charge < -0.3 is 0 Å². The van der Waals surface area contributed by atoms with Crippen LogP contribution in [0, 0.1) is 0 Å². The highest BCUT2D eigenvalue weighted by Gasteiger charge is 2.22. The number of nitrogens with zero attached hydrogens (tertiary/aromatic N) is 1. The summed E-state index contributed by atoms with van der Waals surface area (Å²) in [5.41, 5.74) is 5.31. The molecular weight excluding hydrogens is 236 g/mol. The molecule has 3 heteroatoms. The maximum absolute atomic E-state index is 5.56. The molecule has 1 fully saturated rings.